The lowest BCUT2D eigenvalue weighted by molar-refractivity contribution is -0.116. The third-order valence-corrected chi connectivity index (χ3v) is 5.09. The Bertz CT molecular complexity index is 828. The molecule has 1 amide bonds. The quantitative estimate of drug-likeness (QED) is 0.531. The molecule has 0 spiro atoms. The lowest BCUT2D eigenvalue weighted by Crippen LogP contribution is -2.32. The lowest BCUT2D eigenvalue weighted by Gasteiger charge is -2.17. The SMILES string of the molecule is CCN(C(=O)CSc1nc(N)cc(N)n1)c1nc2ccccc2s1. The highest BCUT2D eigenvalue weighted by molar-refractivity contribution is 7.99. The molecule has 7 nitrogen and oxygen atoms in total. The summed E-state index contributed by atoms with van der Waals surface area (Å²) in [4.78, 5) is 26.9. The van der Waals surface area contributed by atoms with Gasteiger partial charge in [-0.2, -0.15) is 0 Å². The summed E-state index contributed by atoms with van der Waals surface area (Å²) in [5.74, 6) is 0.699. The van der Waals surface area contributed by atoms with Gasteiger partial charge in [0, 0.05) is 12.6 Å². The maximum Gasteiger partial charge on any atom is 0.239 e. The van der Waals surface area contributed by atoms with Crippen LogP contribution in [-0.2, 0) is 4.79 Å². The van der Waals surface area contributed by atoms with Crippen molar-refractivity contribution in [3.63, 3.8) is 0 Å². The van der Waals surface area contributed by atoms with E-state index in [1.165, 1.54) is 29.2 Å². The molecule has 0 aliphatic heterocycles. The molecule has 24 heavy (non-hydrogen) atoms. The summed E-state index contributed by atoms with van der Waals surface area (Å²) in [5.41, 5.74) is 12.2. The fourth-order valence-electron chi connectivity index (χ4n) is 2.12. The van der Waals surface area contributed by atoms with Crippen LogP contribution in [0.1, 0.15) is 6.92 Å². The smallest absolute Gasteiger partial charge is 0.239 e. The Balaban J connectivity index is 1.74. The van der Waals surface area contributed by atoms with E-state index in [4.69, 9.17) is 11.5 Å². The number of nitrogen functional groups attached to an aromatic ring is 2. The Morgan fingerprint density at radius 3 is 2.58 bits per heavy atom. The molecule has 0 aliphatic carbocycles. The van der Waals surface area contributed by atoms with E-state index >= 15 is 0 Å². The van der Waals surface area contributed by atoms with Crippen molar-refractivity contribution >= 4 is 56.0 Å². The normalized spacial score (nSPS) is 10.9. The molecule has 2 heterocycles. The van der Waals surface area contributed by atoms with Gasteiger partial charge in [-0.05, 0) is 19.1 Å². The standard InChI is InChI=1S/C15H16N6OS2/c1-2-21(15-18-9-5-3-4-6-10(9)24-15)13(22)8-23-14-19-11(16)7-12(17)20-14/h3-7H,2,8H2,1H3,(H4,16,17,19,20). The van der Waals surface area contributed by atoms with Crippen LogP contribution in [0.3, 0.4) is 0 Å². The number of fused-ring (bicyclic) bond motifs is 1. The molecule has 2 aromatic heterocycles. The molecule has 3 aromatic rings. The van der Waals surface area contributed by atoms with Crippen LogP contribution in [0.5, 0.6) is 0 Å². The van der Waals surface area contributed by atoms with E-state index < -0.39 is 0 Å². The van der Waals surface area contributed by atoms with Crippen molar-refractivity contribution in [3.8, 4) is 0 Å². The van der Waals surface area contributed by atoms with Crippen LogP contribution in [0.15, 0.2) is 35.5 Å². The predicted molar refractivity (Wildman–Crippen MR) is 99.2 cm³/mol. The molecule has 0 atom stereocenters. The van der Waals surface area contributed by atoms with Crippen LogP contribution in [0, 0.1) is 0 Å². The first kappa shape index (κ1) is 16.5. The molecule has 1 aromatic carbocycles. The van der Waals surface area contributed by atoms with Gasteiger partial charge >= 0.3 is 0 Å². The highest BCUT2D eigenvalue weighted by Crippen LogP contribution is 2.29. The monoisotopic (exact) mass is 360 g/mol. The maximum absolute atomic E-state index is 12.5. The zero-order valence-electron chi connectivity index (χ0n) is 13.0. The molecule has 0 saturated carbocycles. The first-order chi connectivity index (χ1) is 11.6. The molecule has 0 saturated heterocycles. The van der Waals surface area contributed by atoms with Crippen molar-refractivity contribution in [3.05, 3.63) is 30.3 Å². The maximum atomic E-state index is 12.5. The summed E-state index contributed by atoms with van der Waals surface area (Å²) in [6.45, 7) is 2.46. The summed E-state index contributed by atoms with van der Waals surface area (Å²) in [5, 5.41) is 1.08. The predicted octanol–water partition coefficient (Wildman–Crippen LogP) is 2.40. The van der Waals surface area contributed by atoms with Crippen LogP contribution in [-0.4, -0.2) is 33.2 Å². The van der Waals surface area contributed by atoms with Crippen molar-refractivity contribution in [2.75, 3.05) is 28.7 Å². The van der Waals surface area contributed by atoms with E-state index in [1.54, 1.807) is 4.90 Å². The number of rotatable bonds is 5. The summed E-state index contributed by atoms with van der Waals surface area (Å²) in [6.07, 6.45) is 0. The van der Waals surface area contributed by atoms with Gasteiger partial charge in [-0.15, -0.1) is 0 Å². The minimum absolute atomic E-state index is 0.0637. The Kier molecular flexibility index (Phi) is 4.81. The summed E-state index contributed by atoms with van der Waals surface area (Å²) >= 11 is 2.70. The van der Waals surface area contributed by atoms with Crippen molar-refractivity contribution in [1.82, 2.24) is 15.0 Å². The van der Waals surface area contributed by atoms with E-state index in [0.29, 0.717) is 16.8 Å². The molecular formula is C15H16N6OS2. The summed E-state index contributed by atoms with van der Waals surface area (Å²) in [7, 11) is 0. The third kappa shape index (κ3) is 3.57. The van der Waals surface area contributed by atoms with Crippen LogP contribution in [0.25, 0.3) is 10.2 Å². The summed E-state index contributed by atoms with van der Waals surface area (Å²) < 4.78 is 1.05. The zero-order chi connectivity index (χ0) is 17.1. The number of amides is 1. The van der Waals surface area contributed by atoms with E-state index in [-0.39, 0.29) is 23.3 Å². The number of benzene rings is 1. The van der Waals surface area contributed by atoms with E-state index in [9.17, 15) is 4.79 Å². The number of carbonyl (C=O) groups excluding carboxylic acids is 1. The molecule has 9 heteroatoms. The minimum Gasteiger partial charge on any atom is -0.383 e. The molecule has 0 radical (unpaired) electrons. The Hall–Kier alpha value is -2.39. The number of hydrogen-bond donors (Lipinski definition) is 2. The number of aromatic nitrogens is 3. The van der Waals surface area contributed by atoms with Gasteiger partial charge in [-0.3, -0.25) is 9.69 Å². The fourth-order valence-corrected chi connectivity index (χ4v) is 3.92. The second-order valence-electron chi connectivity index (χ2n) is 4.89. The van der Waals surface area contributed by atoms with Crippen molar-refractivity contribution in [2.45, 2.75) is 12.1 Å². The Labute approximate surface area is 147 Å². The van der Waals surface area contributed by atoms with Gasteiger partial charge in [0.25, 0.3) is 0 Å². The minimum atomic E-state index is -0.0637. The van der Waals surface area contributed by atoms with Gasteiger partial charge in [0.2, 0.25) is 5.91 Å². The van der Waals surface area contributed by atoms with Gasteiger partial charge in [0.05, 0.1) is 16.0 Å². The van der Waals surface area contributed by atoms with Gasteiger partial charge in [0.1, 0.15) is 11.6 Å². The topological polar surface area (TPSA) is 111 Å². The van der Waals surface area contributed by atoms with Gasteiger partial charge in [-0.25, -0.2) is 15.0 Å². The second kappa shape index (κ2) is 7.02. The van der Waals surface area contributed by atoms with Crippen molar-refractivity contribution in [2.24, 2.45) is 0 Å². The Morgan fingerprint density at radius 2 is 1.92 bits per heavy atom. The fraction of sp³-hybridized carbons (Fsp3) is 0.200. The number of thioether (sulfide) groups is 1. The number of hydrogen-bond acceptors (Lipinski definition) is 8. The van der Waals surface area contributed by atoms with Gasteiger partial charge in [0.15, 0.2) is 10.3 Å². The molecule has 4 N–H and O–H groups in total. The number of anilines is 3. The number of para-hydroxylation sites is 1. The molecular weight excluding hydrogens is 344 g/mol. The molecule has 124 valence electrons. The first-order valence-corrected chi connectivity index (χ1v) is 9.06. The Morgan fingerprint density at radius 1 is 1.21 bits per heavy atom. The van der Waals surface area contributed by atoms with E-state index in [1.807, 2.05) is 31.2 Å². The van der Waals surface area contributed by atoms with Crippen LogP contribution in [0.2, 0.25) is 0 Å². The molecule has 3 rings (SSSR count). The lowest BCUT2D eigenvalue weighted by atomic mass is 10.3. The molecule has 0 aliphatic rings. The van der Waals surface area contributed by atoms with E-state index in [2.05, 4.69) is 15.0 Å². The van der Waals surface area contributed by atoms with Crippen molar-refractivity contribution in [1.29, 1.82) is 0 Å². The van der Waals surface area contributed by atoms with E-state index in [0.717, 1.165) is 10.2 Å². The van der Waals surface area contributed by atoms with Crippen LogP contribution >= 0.6 is 23.1 Å². The van der Waals surface area contributed by atoms with Crippen LogP contribution < -0.4 is 16.4 Å². The number of thiazole rings is 1. The van der Waals surface area contributed by atoms with Gasteiger partial charge < -0.3 is 11.5 Å². The largest absolute Gasteiger partial charge is 0.383 e. The van der Waals surface area contributed by atoms with Crippen LogP contribution in [0.4, 0.5) is 16.8 Å². The average molecular weight is 360 g/mol. The van der Waals surface area contributed by atoms with Crippen molar-refractivity contribution < 1.29 is 4.79 Å². The second-order valence-corrected chi connectivity index (χ2v) is 6.84. The molecule has 0 unspecified atom stereocenters. The number of nitrogens with zero attached hydrogens (tertiary/aromatic N) is 4. The highest BCUT2D eigenvalue weighted by atomic mass is 32.2. The highest BCUT2D eigenvalue weighted by Gasteiger charge is 2.18. The number of nitrogens with two attached hydrogens (primary N) is 2. The average Bonchev–Trinajstić information content (AvgIpc) is 2.96. The first-order valence-electron chi connectivity index (χ1n) is 7.25. The molecule has 0 bridgehead atoms. The zero-order valence-corrected chi connectivity index (χ0v) is 14.6. The molecule has 0 fully saturated rings. The number of carbonyl (C=O) groups is 1. The third-order valence-electron chi connectivity index (χ3n) is 3.20. The summed E-state index contributed by atoms with van der Waals surface area (Å²) in [6, 6.07) is 9.30. The van der Waals surface area contributed by atoms with Gasteiger partial charge in [-0.1, -0.05) is 35.2 Å².